The Kier molecular flexibility index (Phi) is 7.91. The van der Waals surface area contributed by atoms with Gasteiger partial charge in [0.05, 0.1) is 12.5 Å². The summed E-state index contributed by atoms with van der Waals surface area (Å²) in [5.74, 6) is -2.02. The van der Waals surface area contributed by atoms with Crippen molar-refractivity contribution >= 4 is 18.9 Å². The molecule has 1 heterocycles. The molecule has 148 valence electrons. The van der Waals surface area contributed by atoms with Crippen LogP contribution in [0.25, 0.3) is 0 Å². The molecule has 0 spiro atoms. The minimum Gasteiger partial charge on any atom is -0.481 e. The monoisotopic (exact) mass is 380 g/mol. The number of benzene rings is 1. The summed E-state index contributed by atoms with van der Waals surface area (Å²) in [7, 11) is -1.18. The number of carboxylic acid groups (broad SMARTS) is 1. The Morgan fingerprint density at radius 2 is 1.96 bits per heavy atom. The molecule has 7 nitrogen and oxygen atoms in total. The number of aliphatic carboxylic acids is 1. The highest BCUT2D eigenvalue weighted by atomic mass is 19.1. The highest BCUT2D eigenvalue weighted by Gasteiger charge is 2.34. The van der Waals surface area contributed by atoms with Crippen molar-refractivity contribution in [2.75, 3.05) is 0 Å². The maximum atomic E-state index is 14.1. The summed E-state index contributed by atoms with van der Waals surface area (Å²) in [5, 5.41) is 19.0. The third-order valence-corrected chi connectivity index (χ3v) is 4.90. The fourth-order valence-corrected chi connectivity index (χ4v) is 3.54. The summed E-state index contributed by atoms with van der Waals surface area (Å²) in [5.41, 5.74) is 12.6. The molecular weight excluding hydrogens is 354 g/mol. The molecule has 2 rings (SSSR count). The number of nitrogens with two attached hydrogens (primary N) is 2. The van der Waals surface area contributed by atoms with Gasteiger partial charge in [-0.2, -0.15) is 0 Å². The molecule has 6 N–H and O–H groups in total. The standard InChI is InChI=1S/C18H26BFN2O5/c20-17-6-11(4-12(9-21)16(17)10-22)5-14(23)7-13-2-1-3-15(8-18(24)25)27-19(13)26/h4,6,13,15,26H,1-3,5,7-10,21-22H2,(H,24,25)/t13-,15-/m1/s1. The molecule has 1 aliphatic heterocycles. The van der Waals surface area contributed by atoms with Gasteiger partial charge < -0.3 is 26.3 Å². The highest BCUT2D eigenvalue weighted by Crippen LogP contribution is 2.30. The van der Waals surface area contributed by atoms with Gasteiger partial charge in [-0.3, -0.25) is 9.59 Å². The zero-order valence-corrected chi connectivity index (χ0v) is 15.2. The van der Waals surface area contributed by atoms with Crippen LogP contribution >= 0.6 is 0 Å². The first-order valence-electron chi connectivity index (χ1n) is 9.11. The number of rotatable bonds is 8. The smallest absolute Gasteiger partial charge is 0.458 e. The Hall–Kier alpha value is -1.81. The highest BCUT2D eigenvalue weighted by molar-refractivity contribution is 6.45. The first-order chi connectivity index (χ1) is 12.8. The minimum atomic E-state index is -1.18. The summed E-state index contributed by atoms with van der Waals surface area (Å²) >= 11 is 0. The predicted octanol–water partition coefficient (Wildman–Crippen LogP) is 1.14. The van der Waals surface area contributed by atoms with Crippen LogP contribution in [0.15, 0.2) is 12.1 Å². The zero-order valence-electron chi connectivity index (χ0n) is 15.2. The lowest BCUT2D eigenvalue weighted by Gasteiger charge is -2.18. The van der Waals surface area contributed by atoms with Crippen molar-refractivity contribution in [3.05, 3.63) is 34.6 Å². The Bertz CT molecular complexity index is 688. The van der Waals surface area contributed by atoms with Crippen molar-refractivity contribution in [2.24, 2.45) is 11.5 Å². The van der Waals surface area contributed by atoms with Gasteiger partial charge in [-0.1, -0.05) is 18.9 Å². The second kappa shape index (κ2) is 9.94. The van der Waals surface area contributed by atoms with Gasteiger partial charge in [0.25, 0.3) is 0 Å². The van der Waals surface area contributed by atoms with E-state index in [-0.39, 0.29) is 38.1 Å². The molecule has 0 amide bonds. The third-order valence-electron chi connectivity index (χ3n) is 4.90. The topological polar surface area (TPSA) is 136 Å². The molecule has 1 aromatic rings. The molecule has 0 saturated carbocycles. The van der Waals surface area contributed by atoms with Gasteiger partial charge in [-0.05, 0) is 23.6 Å². The van der Waals surface area contributed by atoms with E-state index in [1.165, 1.54) is 6.07 Å². The second-order valence-electron chi connectivity index (χ2n) is 6.98. The molecule has 9 heteroatoms. The lowest BCUT2D eigenvalue weighted by molar-refractivity contribution is -0.139. The van der Waals surface area contributed by atoms with Gasteiger partial charge in [0.1, 0.15) is 11.6 Å². The van der Waals surface area contributed by atoms with Gasteiger partial charge in [0.15, 0.2) is 0 Å². The number of hydrogen-bond donors (Lipinski definition) is 4. The molecule has 0 radical (unpaired) electrons. The molecule has 1 saturated heterocycles. The molecule has 1 aromatic carbocycles. The van der Waals surface area contributed by atoms with Crippen molar-refractivity contribution in [3.63, 3.8) is 0 Å². The summed E-state index contributed by atoms with van der Waals surface area (Å²) < 4.78 is 19.5. The molecule has 0 aliphatic carbocycles. The lowest BCUT2D eigenvalue weighted by Crippen LogP contribution is -2.30. The Morgan fingerprint density at radius 3 is 2.59 bits per heavy atom. The molecule has 0 aromatic heterocycles. The largest absolute Gasteiger partial charge is 0.481 e. The van der Waals surface area contributed by atoms with Crippen LogP contribution in [0.2, 0.25) is 5.82 Å². The zero-order chi connectivity index (χ0) is 20.0. The van der Waals surface area contributed by atoms with Crippen LogP contribution in [-0.2, 0) is 33.8 Å². The minimum absolute atomic E-state index is 0.0244. The number of halogens is 1. The first kappa shape index (κ1) is 21.5. The van der Waals surface area contributed by atoms with Crippen molar-refractivity contribution in [1.29, 1.82) is 0 Å². The predicted molar refractivity (Wildman–Crippen MR) is 98.2 cm³/mol. The molecular formula is C18H26BFN2O5. The first-order valence-corrected chi connectivity index (χ1v) is 9.11. The number of ketones is 1. The van der Waals surface area contributed by atoms with Crippen LogP contribution in [0.1, 0.15) is 48.8 Å². The van der Waals surface area contributed by atoms with E-state index in [0.717, 1.165) is 0 Å². The number of carbonyl (C=O) groups excluding carboxylic acids is 1. The molecule has 2 atom stereocenters. The molecule has 27 heavy (non-hydrogen) atoms. The van der Waals surface area contributed by atoms with E-state index in [9.17, 15) is 19.0 Å². The van der Waals surface area contributed by atoms with E-state index in [1.54, 1.807) is 6.07 Å². The van der Waals surface area contributed by atoms with Gasteiger partial charge in [-0.15, -0.1) is 0 Å². The number of carbonyl (C=O) groups is 2. The van der Waals surface area contributed by atoms with Crippen molar-refractivity contribution in [1.82, 2.24) is 0 Å². The molecule has 1 fully saturated rings. The Balaban J connectivity index is 1.99. The SMILES string of the molecule is NCc1cc(CC(=O)C[C@H]2CCC[C@H](CC(=O)O)OB2O)cc(F)c1CN. The summed E-state index contributed by atoms with van der Waals surface area (Å²) in [6.45, 7) is 0.168. The van der Waals surface area contributed by atoms with Crippen LogP contribution in [0.5, 0.6) is 0 Å². The van der Waals surface area contributed by atoms with E-state index in [0.29, 0.717) is 36.0 Å². The van der Waals surface area contributed by atoms with E-state index in [2.05, 4.69) is 0 Å². The Morgan fingerprint density at radius 1 is 1.22 bits per heavy atom. The maximum absolute atomic E-state index is 14.1. The van der Waals surface area contributed by atoms with Crippen LogP contribution in [0.4, 0.5) is 4.39 Å². The van der Waals surface area contributed by atoms with Gasteiger partial charge in [-0.25, -0.2) is 4.39 Å². The average molecular weight is 380 g/mol. The van der Waals surface area contributed by atoms with E-state index >= 15 is 0 Å². The number of carboxylic acids is 1. The van der Waals surface area contributed by atoms with Gasteiger partial charge in [0, 0.05) is 37.3 Å². The van der Waals surface area contributed by atoms with Crippen LogP contribution in [-0.4, -0.2) is 35.1 Å². The second-order valence-corrected chi connectivity index (χ2v) is 6.98. The van der Waals surface area contributed by atoms with Crippen LogP contribution < -0.4 is 11.5 Å². The van der Waals surface area contributed by atoms with Gasteiger partial charge >= 0.3 is 13.1 Å². The normalized spacial score (nSPS) is 20.4. The molecule has 0 unspecified atom stereocenters. The lowest BCUT2D eigenvalue weighted by atomic mass is 9.67. The van der Waals surface area contributed by atoms with Crippen molar-refractivity contribution in [3.8, 4) is 0 Å². The molecule has 1 aliphatic rings. The Labute approximate surface area is 158 Å². The van der Waals surface area contributed by atoms with E-state index < -0.39 is 30.8 Å². The van der Waals surface area contributed by atoms with E-state index in [4.69, 9.17) is 21.2 Å². The van der Waals surface area contributed by atoms with E-state index in [1.807, 2.05) is 0 Å². The third kappa shape index (κ3) is 6.10. The number of hydrogen-bond acceptors (Lipinski definition) is 6. The fourth-order valence-electron chi connectivity index (χ4n) is 3.54. The van der Waals surface area contributed by atoms with Crippen molar-refractivity contribution in [2.45, 2.75) is 63.5 Å². The average Bonchev–Trinajstić information content (AvgIpc) is 2.75. The van der Waals surface area contributed by atoms with Gasteiger partial charge in [0.2, 0.25) is 0 Å². The van der Waals surface area contributed by atoms with Crippen LogP contribution in [0, 0.1) is 5.82 Å². The maximum Gasteiger partial charge on any atom is 0.458 e. The summed E-state index contributed by atoms with van der Waals surface area (Å²) in [6.07, 6.45) is 1.14. The fraction of sp³-hybridized carbons (Fsp3) is 0.556. The quantitative estimate of drug-likeness (QED) is 0.497. The summed E-state index contributed by atoms with van der Waals surface area (Å²) in [6, 6.07) is 2.98. The summed E-state index contributed by atoms with van der Waals surface area (Å²) in [4.78, 5) is 23.2. The molecule has 0 bridgehead atoms. The van der Waals surface area contributed by atoms with Crippen molar-refractivity contribution < 1.29 is 28.8 Å². The number of Topliss-reactive ketones (excluding diaryl/α,β-unsaturated/α-hetero) is 1. The van der Waals surface area contributed by atoms with Crippen LogP contribution in [0.3, 0.4) is 0 Å².